The number of methoxy groups -OCH3 is 1. The van der Waals surface area contributed by atoms with E-state index in [1.54, 1.807) is 26.1 Å². The summed E-state index contributed by atoms with van der Waals surface area (Å²) in [4.78, 5) is 17.7. The van der Waals surface area contributed by atoms with Crippen molar-refractivity contribution in [2.75, 3.05) is 65.5 Å². The number of carbonyl (C=O) groups excluding carboxylic acids is 1. The van der Waals surface area contributed by atoms with Crippen LogP contribution in [0.3, 0.4) is 0 Å². The standard InChI is InChI=1S/C13H25N3O4S/c1-14(2)13(17)8-16-5-4-15(6-7-20-3)11-9-21(18,19)10-12(11)16/h11-12H,4-10H2,1-3H3/t11-,12+/m1/s1. The van der Waals surface area contributed by atoms with Crippen LogP contribution in [0.15, 0.2) is 0 Å². The lowest BCUT2D eigenvalue weighted by molar-refractivity contribution is -0.131. The Morgan fingerprint density at radius 3 is 2.33 bits per heavy atom. The van der Waals surface area contributed by atoms with E-state index >= 15 is 0 Å². The number of hydrogen-bond acceptors (Lipinski definition) is 6. The van der Waals surface area contributed by atoms with Crippen molar-refractivity contribution < 1.29 is 17.9 Å². The molecule has 21 heavy (non-hydrogen) atoms. The predicted octanol–water partition coefficient (Wildman–Crippen LogP) is -1.50. The van der Waals surface area contributed by atoms with Crippen molar-refractivity contribution in [3.8, 4) is 0 Å². The van der Waals surface area contributed by atoms with Gasteiger partial charge in [-0.1, -0.05) is 0 Å². The van der Waals surface area contributed by atoms with E-state index in [0.717, 1.165) is 19.6 Å². The summed E-state index contributed by atoms with van der Waals surface area (Å²) in [6.45, 7) is 3.13. The summed E-state index contributed by atoms with van der Waals surface area (Å²) in [7, 11) is 2.07. The fraction of sp³-hybridized carbons (Fsp3) is 0.923. The molecule has 0 spiro atoms. The largest absolute Gasteiger partial charge is 0.383 e. The molecule has 122 valence electrons. The molecule has 0 aliphatic carbocycles. The van der Waals surface area contributed by atoms with E-state index in [9.17, 15) is 13.2 Å². The zero-order valence-corrected chi connectivity index (χ0v) is 13.8. The van der Waals surface area contributed by atoms with Crippen molar-refractivity contribution in [2.24, 2.45) is 0 Å². The van der Waals surface area contributed by atoms with Gasteiger partial charge in [-0.3, -0.25) is 14.6 Å². The number of carbonyl (C=O) groups is 1. The molecule has 0 radical (unpaired) electrons. The van der Waals surface area contributed by atoms with Gasteiger partial charge in [0.05, 0.1) is 24.7 Å². The van der Waals surface area contributed by atoms with Crippen LogP contribution in [0, 0.1) is 0 Å². The van der Waals surface area contributed by atoms with Crippen LogP contribution in [-0.2, 0) is 19.4 Å². The summed E-state index contributed by atoms with van der Waals surface area (Å²) in [5.41, 5.74) is 0. The molecular weight excluding hydrogens is 294 g/mol. The Morgan fingerprint density at radius 1 is 1.19 bits per heavy atom. The second kappa shape index (κ2) is 6.60. The minimum Gasteiger partial charge on any atom is -0.383 e. The lowest BCUT2D eigenvalue weighted by Gasteiger charge is -2.43. The van der Waals surface area contributed by atoms with Crippen LogP contribution in [-0.4, -0.2) is 107 Å². The smallest absolute Gasteiger partial charge is 0.236 e. The highest BCUT2D eigenvalue weighted by atomic mass is 32.2. The van der Waals surface area contributed by atoms with Crippen molar-refractivity contribution in [1.82, 2.24) is 14.7 Å². The number of fused-ring (bicyclic) bond motifs is 1. The molecule has 0 aromatic heterocycles. The molecular formula is C13H25N3O4S. The lowest BCUT2D eigenvalue weighted by atomic mass is 10.0. The van der Waals surface area contributed by atoms with E-state index in [2.05, 4.69) is 4.90 Å². The minimum absolute atomic E-state index is 0.0170. The highest BCUT2D eigenvalue weighted by Crippen LogP contribution is 2.26. The minimum atomic E-state index is -3.02. The average Bonchev–Trinajstić information content (AvgIpc) is 2.73. The molecule has 0 aromatic rings. The molecule has 7 nitrogen and oxygen atoms in total. The van der Waals surface area contributed by atoms with E-state index in [-0.39, 0.29) is 29.5 Å². The molecule has 2 heterocycles. The van der Waals surface area contributed by atoms with Gasteiger partial charge in [-0.2, -0.15) is 0 Å². The molecule has 0 unspecified atom stereocenters. The molecule has 2 saturated heterocycles. The number of likely N-dealkylation sites (N-methyl/N-ethyl adjacent to an activating group) is 1. The van der Waals surface area contributed by atoms with Gasteiger partial charge >= 0.3 is 0 Å². The van der Waals surface area contributed by atoms with Crippen LogP contribution >= 0.6 is 0 Å². The van der Waals surface area contributed by atoms with E-state index in [4.69, 9.17) is 4.74 Å². The summed E-state index contributed by atoms with van der Waals surface area (Å²) in [5, 5.41) is 0. The van der Waals surface area contributed by atoms with E-state index in [1.165, 1.54) is 0 Å². The van der Waals surface area contributed by atoms with Crippen molar-refractivity contribution >= 4 is 15.7 Å². The first-order valence-corrected chi connectivity index (χ1v) is 9.04. The third-order valence-corrected chi connectivity index (χ3v) is 6.02. The van der Waals surface area contributed by atoms with Gasteiger partial charge in [0.2, 0.25) is 5.91 Å². The van der Waals surface area contributed by atoms with Gasteiger partial charge in [-0.25, -0.2) is 8.42 Å². The van der Waals surface area contributed by atoms with Crippen LogP contribution in [0.5, 0.6) is 0 Å². The van der Waals surface area contributed by atoms with Crippen LogP contribution in [0.25, 0.3) is 0 Å². The number of nitrogens with zero attached hydrogens (tertiary/aromatic N) is 3. The molecule has 2 aliphatic heterocycles. The van der Waals surface area contributed by atoms with Gasteiger partial charge in [0.1, 0.15) is 0 Å². The number of hydrogen-bond donors (Lipinski definition) is 0. The number of amides is 1. The Labute approximate surface area is 126 Å². The second-order valence-electron chi connectivity index (χ2n) is 6.00. The average molecular weight is 319 g/mol. The molecule has 0 saturated carbocycles. The highest BCUT2D eigenvalue weighted by Gasteiger charge is 2.46. The third kappa shape index (κ3) is 3.94. The Hall–Kier alpha value is -0.700. The third-order valence-electron chi connectivity index (χ3n) is 4.33. The lowest BCUT2D eigenvalue weighted by Crippen LogP contribution is -2.60. The molecule has 0 bridgehead atoms. The van der Waals surface area contributed by atoms with E-state index in [1.807, 2.05) is 4.90 Å². The first-order valence-electron chi connectivity index (χ1n) is 7.21. The SMILES string of the molecule is COCCN1CCN(CC(=O)N(C)C)[C@H]2CS(=O)(=O)C[C@H]21. The van der Waals surface area contributed by atoms with Gasteiger partial charge in [0, 0.05) is 52.9 Å². The molecule has 2 atom stereocenters. The topological polar surface area (TPSA) is 70.2 Å². The van der Waals surface area contributed by atoms with Crippen LogP contribution in [0.2, 0.25) is 0 Å². The van der Waals surface area contributed by atoms with Crippen LogP contribution < -0.4 is 0 Å². The molecule has 2 fully saturated rings. The van der Waals surface area contributed by atoms with Crippen molar-refractivity contribution in [3.63, 3.8) is 0 Å². The first kappa shape index (κ1) is 16.7. The highest BCUT2D eigenvalue weighted by molar-refractivity contribution is 7.91. The maximum Gasteiger partial charge on any atom is 0.236 e. The van der Waals surface area contributed by atoms with E-state index in [0.29, 0.717) is 13.2 Å². The van der Waals surface area contributed by atoms with Gasteiger partial charge < -0.3 is 9.64 Å². The van der Waals surface area contributed by atoms with Crippen molar-refractivity contribution in [1.29, 1.82) is 0 Å². The zero-order chi connectivity index (χ0) is 15.6. The second-order valence-corrected chi connectivity index (χ2v) is 8.15. The normalized spacial score (nSPS) is 29.3. The number of rotatable bonds is 5. The summed E-state index contributed by atoms with van der Waals surface area (Å²) >= 11 is 0. The Kier molecular flexibility index (Phi) is 5.24. The number of piperazine rings is 1. The molecule has 2 rings (SSSR count). The van der Waals surface area contributed by atoms with Gasteiger partial charge in [0.15, 0.2) is 9.84 Å². The molecule has 2 aliphatic rings. The summed E-state index contributed by atoms with van der Waals surface area (Å²) < 4.78 is 29.1. The molecule has 8 heteroatoms. The van der Waals surface area contributed by atoms with E-state index < -0.39 is 9.84 Å². The summed E-state index contributed by atoms with van der Waals surface area (Å²) in [5.74, 6) is 0.360. The van der Waals surface area contributed by atoms with Gasteiger partial charge in [-0.15, -0.1) is 0 Å². The number of sulfone groups is 1. The Morgan fingerprint density at radius 2 is 1.76 bits per heavy atom. The monoisotopic (exact) mass is 319 g/mol. The van der Waals surface area contributed by atoms with Gasteiger partial charge in [-0.05, 0) is 0 Å². The molecule has 0 aromatic carbocycles. The summed E-state index contributed by atoms with van der Waals surface area (Å²) in [6.07, 6.45) is 0. The molecule has 1 amide bonds. The first-order chi connectivity index (χ1) is 9.84. The predicted molar refractivity (Wildman–Crippen MR) is 79.9 cm³/mol. The summed E-state index contributed by atoms with van der Waals surface area (Å²) in [6, 6.07) is -0.0987. The Bertz CT molecular complexity index is 480. The Balaban J connectivity index is 2.09. The van der Waals surface area contributed by atoms with Crippen molar-refractivity contribution in [3.05, 3.63) is 0 Å². The van der Waals surface area contributed by atoms with Gasteiger partial charge in [0.25, 0.3) is 0 Å². The van der Waals surface area contributed by atoms with Crippen molar-refractivity contribution in [2.45, 2.75) is 12.1 Å². The fourth-order valence-electron chi connectivity index (χ4n) is 3.09. The zero-order valence-electron chi connectivity index (χ0n) is 13.0. The van der Waals surface area contributed by atoms with Crippen LogP contribution in [0.1, 0.15) is 0 Å². The fourth-order valence-corrected chi connectivity index (χ4v) is 5.14. The number of ether oxygens (including phenoxy) is 1. The molecule has 0 N–H and O–H groups in total. The van der Waals surface area contributed by atoms with Crippen LogP contribution in [0.4, 0.5) is 0 Å². The quantitative estimate of drug-likeness (QED) is 0.615. The maximum absolute atomic E-state index is 12.0. The maximum atomic E-state index is 12.0.